The van der Waals surface area contributed by atoms with Crippen molar-refractivity contribution in [2.45, 2.75) is 6.42 Å². The van der Waals surface area contributed by atoms with Crippen LogP contribution in [0.25, 0.3) is 0 Å². The molecule has 138 valence electrons. The molecule has 26 heavy (non-hydrogen) atoms. The number of nitrogens with zero attached hydrogens (tertiary/aromatic N) is 2. The van der Waals surface area contributed by atoms with Crippen molar-refractivity contribution in [3.63, 3.8) is 0 Å². The number of benzene rings is 2. The maximum Gasteiger partial charge on any atom is 0.258 e. The molecule has 0 bridgehead atoms. The van der Waals surface area contributed by atoms with Gasteiger partial charge in [0.15, 0.2) is 0 Å². The molecule has 6 nitrogen and oxygen atoms in total. The zero-order chi connectivity index (χ0) is 19.1. The predicted octanol–water partition coefficient (Wildman–Crippen LogP) is 3.39. The first-order valence-electron chi connectivity index (χ1n) is 7.86. The molecule has 0 aliphatic rings. The van der Waals surface area contributed by atoms with Gasteiger partial charge in [-0.1, -0.05) is 12.1 Å². The molecule has 1 amide bonds. The molecule has 0 aromatic heterocycles. The summed E-state index contributed by atoms with van der Waals surface area (Å²) in [7, 11) is 4.11. The van der Waals surface area contributed by atoms with Crippen LogP contribution in [0.3, 0.4) is 0 Å². The third-order valence-electron chi connectivity index (χ3n) is 3.53. The standard InChI is InChI=1S/C18H20ClIN4O2/c1-24(2)10-9-12-3-6-14(7-4-12)26-16-8-5-13(11-15(16)20)17(25)22-18(21)23-19/h3-8,11H,9-10H2,1-2H3,(H3,21,22,23,25). The molecule has 0 aliphatic carbocycles. The fourth-order valence-electron chi connectivity index (χ4n) is 2.14. The van der Waals surface area contributed by atoms with Crippen LogP contribution in [0.1, 0.15) is 15.9 Å². The third-order valence-corrected chi connectivity index (χ3v) is 4.55. The SMILES string of the molecule is CN(C)CCc1ccc(Oc2ccc(C(=O)NC(N)=NCl)cc2I)cc1. The van der Waals surface area contributed by atoms with E-state index in [1.165, 1.54) is 5.56 Å². The Morgan fingerprint density at radius 3 is 2.54 bits per heavy atom. The van der Waals surface area contributed by atoms with Gasteiger partial charge in [-0.3, -0.25) is 10.1 Å². The lowest BCUT2D eigenvalue weighted by molar-refractivity contribution is 0.0976. The van der Waals surface area contributed by atoms with Gasteiger partial charge in [0.2, 0.25) is 5.96 Å². The molecule has 0 unspecified atom stereocenters. The topological polar surface area (TPSA) is 80.0 Å². The van der Waals surface area contributed by atoms with Crippen LogP contribution in [0.5, 0.6) is 11.5 Å². The van der Waals surface area contributed by atoms with E-state index in [2.05, 4.69) is 63.5 Å². The van der Waals surface area contributed by atoms with Gasteiger partial charge in [-0.2, -0.15) is 0 Å². The predicted molar refractivity (Wildman–Crippen MR) is 113 cm³/mol. The minimum Gasteiger partial charge on any atom is -0.456 e. The average Bonchev–Trinajstić information content (AvgIpc) is 2.62. The summed E-state index contributed by atoms with van der Waals surface area (Å²) in [6.45, 7) is 1.00. The first-order chi connectivity index (χ1) is 12.4. The van der Waals surface area contributed by atoms with Gasteiger partial charge >= 0.3 is 0 Å². The molecule has 8 heteroatoms. The lowest BCUT2D eigenvalue weighted by Gasteiger charge is -2.11. The molecule has 0 saturated carbocycles. The third kappa shape index (κ3) is 6.15. The summed E-state index contributed by atoms with van der Waals surface area (Å²) in [5.74, 6) is 0.873. The summed E-state index contributed by atoms with van der Waals surface area (Å²) in [5, 5.41) is 2.38. The summed E-state index contributed by atoms with van der Waals surface area (Å²) < 4.78 is 9.89. The monoisotopic (exact) mass is 486 g/mol. The smallest absolute Gasteiger partial charge is 0.258 e. The second-order valence-corrected chi connectivity index (χ2v) is 7.20. The first kappa shape index (κ1) is 20.5. The maximum absolute atomic E-state index is 12.0. The molecule has 0 heterocycles. The molecular formula is C18H20ClIN4O2. The molecule has 2 rings (SSSR count). The van der Waals surface area contributed by atoms with Gasteiger partial charge < -0.3 is 15.4 Å². The van der Waals surface area contributed by atoms with Crippen LogP contribution in [0, 0.1) is 3.57 Å². The Balaban J connectivity index is 2.04. The van der Waals surface area contributed by atoms with Gasteiger partial charge in [0.05, 0.1) is 3.57 Å². The maximum atomic E-state index is 12.0. The van der Waals surface area contributed by atoms with Gasteiger partial charge in [0, 0.05) is 23.9 Å². The van der Waals surface area contributed by atoms with E-state index in [9.17, 15) is 4.79 Å². The lowest BCUT2D eigenvalue weighted by Crippen LogP contribution is -2.36. The number of amides is 1. The van der Waals surface area contributed by atoms with Crippen LogP contribution in [0.2, 0.25) is 0 Å². The van der Waals surface area contributed by atoms with Crippen molar-refractivity contribution in [1.82, 2.24) is 10.2 Å². The number of likely N-dealkylation sites (N-methyl/N-ethyl adjacent to an activating group) is 1. The quantitative estimate of drug-likeness (QED) is 0.373. The van der Waals surface area contributed by atoms with Crippen molar-refractivity contribution in [3.8, 4) is 11.5 Å². The van der Waals surface area contributed by atoms with Crippen LogP contribution in [-0.2, 0) is 6.42 Å². The molecule has 2 aromatic carbocycles. The van der Waals surface area contributed by atoms with Crippen molar-refractivity contribution < 1.29 is 9.53 Å². The van der Waals surface area contributed by atoms with Gasteiger partial charge in [-0.05, 0) is 79.0 Å². The number of carbonyl (C=O) groups is 1. The molecule has 0 atom stereocenters. The molecule has 3 N–H and O–H groups in total. The van der Waals surface area contributed by atoms with Crippen molar-refractivity contribution in [2.75, 3.05) is 20.6 Å². The number of guanidine groups is 1. The highest BCUT2D eigenvalue weighted by Crippen LogP contribution is 2.28. The second kappa shape index (κ2) is 9.75. The van der Waals surface area contributed by atoms with Crippen molar-refractivity contribution in [1.29, 1.82) is 0 Å². The van der Waals surface area contributed by atoms with E-state index in [0.717, 1.165) is 22.3 Å². The Morgan fingerprint density at radius 1 is 1.27 bits per heavy atom. The summed E-state index contributed by atoms with van der Waals surface area (Å²) >= 11 is 7.32. The molecule has 2 aromatic rings. The van der Waals surface area contributed by atoms with E-state index in [-0.39, 0.29) is 11.9 Å². The Kier molecular flexibility index (Phi) is 7.67. The lowest BCUT2D eigenvalue weighted by atomic mass is 10.1. The highest BCUT2D eigenvalue weighted by atomic mass is 127. The Labute approximate surface area is 171 Å². The zero-order valence-corrected chi connectivity index (χ0v) is 17.4. The first-order valence-corrected chi connectivity index (χ1v) is 9.27. The Bertz CT molecular complexity index is 794. The summed E-state index contributed by atoms with van der Waals surface area (Å²) in [6, 6.07) is 13.1. The zero-order valence-electron chi connectivity index (χ0n) is 14.5. The number of nitrogens with two attached hydrogens (primary N) is 1. The van der Waals surface area contributed by atoms with E-state index in [0.29, 0.717) is 11.3 Å². The van der Waals surface area contributed by atoms with Gasteiger partial charge in [-0.25, -0.2) is 0 Å². The summed E-state index contributed by atoms with van der Waals surface area (Å²) in [5.41, 5.74) is 7.08. The van der Waals surface area contributed by atoms with Crippen LogP contribution in [0.15, 0.2) is 47.0 Å². The number of ether oxygens (including phenoxy) is 1. The van der Waals surface area contributed by atoms with Crippen LogP contribution in [-0.4, -0.2) is 37.4 Å². The van der Waals surface area contributed by atoms with Crippen LogP contribution < -0.4 is 15.8 Å². The minimum absolute atomic E-state index is 0.152. The fraction of sp³-hybridized carbons (Fsp3) is 0.222. The summed E-state index contributed by atoms with van der Waals surface area (Å²) in [4.78, 5) is 14.2. The van der Waals surface area contributed by atoms with E-state index in [1.54, 1.807) is 18.2 Å². The number of halogens is 2. The van der Waals surface area contributed by atoms with E-state index < -0.39 is 0 Å². The van der Waals surface area contributed by atoms with Gasteiger partial charge in [-0.15, -0.1) is 4.51 Å². The number of nitrogens with one attached hydrogen (secondary N) is 1. The van der Waals surface area contributed by atoms with Crippen LogP contribution in [0.4, 0.5) is 0 Å². The highest BCUT2D eigenvalue weighted by molar-refractivity contribution is 14.1. The Hall–Kier alpha value is -1.84. The summed E-state index contributed by atoms with van der Waals surface area (Å²) in [6.07, 6.45) is 0.989. The molecule has 0 fully saturated rings. The van der Waals surface area contributed by atoms with Crippen molar-refractivity contribution >= 4 is 46.2 Å². The second-order valence-electron chi connectivity index (χ2n) is 5.87. The van der Waals surface area contributed by atoms with Crippen molar-refractivity contribution in [2.24, 2.45) is 10.2 Å². The number of hydrogen-bond donors (Lipinski definition) is 2. The van der Waals surface area contributed by atoms with Gasteiger partial charge in [0.1, 0.15) is 11.5 Å². The highest BCUT2D eigenvalue weighted by Gasteiger charge is 2.11. The van der Waals surface area contributed by atoms with Crippen LogP contribution >= 0.6 is 34.4 Å². The van der Waals surface area contributed by atoms with E-state index in [4.69, 9.17) is 22.2 Å². The minimum atomic E-state index is -0.387. The molecule has 0 spiro atoms. The average molecular weight is 487 g/mol. The molecule has 0 saturated heterocycles. The van der Waals surface area contributed by atoms with Gasteiger partial charge in [0.25, 0.3) is 5.91 Å². The Morgan fingerprint density at radius 2 is 1.96 bits per heavy atom. The number of hydrogen-bond acceptors (Lipinski definition) is 4. The van der Waals surface area contributed by atoms with E-state index in [1.807, 2.05) is 12.1 Å². The number of carbonyl (C=O) groups excluding carboxylic acids is 1. The number of rotatable bonds is 6. The fourth-order valence-corrected chi connectivity index (χ4v) is 2.81. The molecule has 0 radical (unpaired) electrons. The van der Waals surface area contributed by atoms with E-state index >= 15 is 0 Å². The molecule has 0 aliphatic heterocycles. The van der Waals surface area contributed by atoms with Crippen molar-refractivity contribution in [3.05, 3.63) is 57.2 Å². The largest absolute Gasteiger partial charge is 0.456 e. The normalized spacial score (nSPS) is 11.5. The molecular weight excluding hydrogens is 467 g/mol.